The standard InChI is InChI=1S/C11H12N2O/c1-2-3-4-8-9(12)10(7-5-6-7)13-11(8)14/h2-4H,1,5-6,12H2,(H,13,14)/b4-3-. The van der Waals surface area contributed by atoms with Crippen LogP contribution in [0.4, 0.5) is 0 Å². The van der Waals surface area contributed by atoms with E-state index in [0.717, 1.165) is 18.5 Å². The molecule has 1 amide bonds. The Balaban J connectivity index is 2.37. The molecule has 3 heteroatoms. The maximum Gasteiger partial charge on any atom is 0.257 e. The molecule has 0 bridgehead atoms. The molecule has 0 aromatic heterocycles. The van der Waals surface area contributed by atoms with Crippen molar-refractivity contribution in [2.24, 2.45) is 5.73 Å². The number of carbonyl (C=O) groups excluding carboxylic acids is 1. The Morgan fingerprint density at radius 2 is 2.14 bits per heavy atom. The summed E-state index contributed by atoms with van der Waals surface area (Å²) < 4.78 is 0. The van der Waals surface area contributed by atoms with E-state index in [1.807, 2.05) is 0 Å². The van der Waals surface area contributed by atoms with Crippen molar-refractivity contribution in [1.82, 2.24) is 5.32 Å². The zero-order chi connectivity index (χ0) is 10.1. The molecule has 0 radical (unpaired) electrons. The van der Waals surface area contributed by atoms with Crippen molar-refractivity contribution in [3.05, 3.63) is 47.3 Å². The third kappa shape index (κ3) is 1.37. The zero-order valence-corrected chi connectivity index (χ0v) is 7.84. The van der Waals surface area contributed by atoms with Crippen molar-refractivity contribution in [2.45, 2.75) is 12.8 Å². The van der Waals surface area contributed by atoms with Gasteiger partial charge in [0.05, 0.1) is 17.0 Å². The fourth-order valence-electron chi connectivity index (χ4n) is 1.43. The fraction of sp³-hybridized carbons (Fsp3) is 0.182. The van der Waals surface area contributed by atoms with E-state index in [0.29, 0.717) is 11.3 Å². The van der Waals surface area contributed by atoms with Crippen LogP contribution in [0.5, 0.6) is 0 Å². The Labute approximate surface area is 82.7 Å². The van der Waals surface area contributed by atoms with Crippen LogP contribution in [-0.2, 0) is 4.79 Å². The highest BCUT2D eigenvalue weighted by atomic mass is 16.2. The Bertz CT molecular complexity index is 394. The molecule has 0 aromatic carbocycles. The third-order valence-electron chi connectivity index (χ3n) is 2.30. The van der Waals surface area contributed by atoms with Gasteiger partial charge in [-0.15, -0.1) is 0 Å². The molecule has 0 unspecified atom stereocenters. The van der Waals surface area contributed by atoms with E-state index in [1.54, 1.807) is 18.2 Å². The molecule has 0 spiro atoms. The molecular weight excluding hydrogens is 176 g/mol. The van der Waals surface area contributed by atoms with Gasteiger partial charge in [-0.3, -0.25) is 4.79 Å². The summed E-state index contributed by atoms with van der Waals surface area (Å²) in [5, 5.41) is 2.78. The fourth-order valence-corrected chi connectivity index (χ4v) is 1.43. The monoisotopic (exact) mass is 188 g/mol. The number of nitrogens with two attached hydrogens (primary N) is 1. The lowest BCUT2D eigenvalue weighted by atomic mass is 10.2. The van der Waals surface area contributed by atoms with E-state index in [9.17, 15) is 4.79 Å². The number of amides is 1. The minimum absolute atomic E-state index is 0.116. The Kier molecular flexibility index (Phi) is 2.00. The number of hydrogen-bond acceptors (Lipinski definition) is 2. The van der Waals surface area contributed by atoms with Crippen LogP contribution in [0.25, 0.3) is 0 Å². The molecule has 0 atom stereocenters. The molecule has 72 valence electrons. The van der Waals surface area contributed by atoms with Crippen molar-refractivity contribution in [2.75, 3.05) is 0 Å². The van der Waals surface area contributed by atoms with Gasteiger partial charge >= 0.3 is 0 Å². The minimum atomic E-state index is -0.116. The van der Waals surface area contributed by atoms with Crippen molar-refractivity contribution in [3.63, 3.8) is 0 Å². The van der Waals surface area contributed by atoms with Gasteiger partial charge in [0.15, 0.2) is 0 Å². The van der Waals surface area contributed by atoms with Gasteiger partial charge in [0.1, 0.15) is 0 Å². The summed E-state index contributed by atoms with van der Waals surface area (Å²) in [6.07, 6.45) is 7.12. The summed E-state index contributed by atoms with van der Waals surface area (Å²) in [7, 11) is 0. The topological polar surface area (TPSA) is 55.1 Å². The van der Waals surface area contributed by atoms with Gasteiger partial charge in [-0.05, 0) is 24.5 Å². The highest BCUT2D eigenvalue weighted by molar-refractivity contribution is 6.02. The van der Waals surface area contributed by atoms with E-state index in [2.05, 4.69) is 11.9 Å². The number of nitrogens with one attached hydrogen (secondary N) is 1. The van der Waals surface area contributed by atoms with E-state index in [1.165, 1.54) is 5.57 Å². The summed E-state index contributed by atoms with van der Waals surface area (Å²) in [4.78, 5) is 11.5. The van der Waals surface area contributed by atoms with Crippen molar-refractivity contribution < 1.29 is 4.79 Å². The lowest BCUT2D eigenvalue weighted by Crippen LogP contribution is -2.16. The number of hydrogen-bond donors (Lipinski definition) is 2. The van der Waals surface area contributed by atoms with Gasteiger partial charge in [0.2, 0.25) is 0 Å². The van der Waals surface area contributed by atoms with Crippen LogP contribution in [-0.4, -0.2) is 5.91 Å². The first-order chi connectivity index (χ1) is 6.74. The maximum atomic E-state index is 11.5. The SMILES string of the molecule is C=C/C=C\C1=C(N)C(=C2CC2)NC1=O. The minimum Gasteiger partial charge on any atom is -0.396 e. The molecule has 1 saturated carbocycles. The van der Waals surface area contributed by atoms with Gasteiger partial charge in [0, 0.05) is 0 Å². The summed E-state index contributed by atoms with van der Waals surface area (Å²) in [6.45, 7) is 3.54. The molecule has 3 N–H and O–H groups in total. The van der Waals surface area contributed by atoms with E-state index < -0.39 is 0 Å². The molecule has 14 heavy (non-hydrogen) atoms. The Morgan fingerprint density at radius 1 is 1.43 bits per heavy atom. The van der Waals surface area contributed by atoms with Crippen LogP contribution in [0.15, 0.2) is 47.3 Å². The van der Waals surface area contributed by atoms with E-state index in [-0.39, 0.29) is 5.91 Å². The second-order valence-electron chi connectivity index (χ2n) is 3.35. The Morgan fingerprint density at radius 3 is 2.71 bits per heavy atom. The first-order valence-corrected chi connectivity index (χ1v) is 4.56. The van der Waals surface area contributed by atoms with Crippen LogP contribution in [0, 0.1) is 0 Å². The average molecular weight is 188 g/mol. The molecule has 1 heterocycles. The molecular formula is C11H12N2O. The van der Waals surface area contributed by atoms with E-state index >= 15 is 0 Å². The van der Waals surface area contributed by atoms with Crippen molar-refractivity contribution in [3.8, 4) is 0 Å². The maximum absolute atomic E-state index is 11.5. The first kappa shape index (κ1) is 8.81. The number of allylic oxidation sites excluding steroid dienone is 3. The molecule has 1 aliphatic heterocycles. The second-order valence-corrected chi connectivity index (χ2v) is 3.35. The summed E-state index contributed by atoms with van der Waals surface area (Å²) in [6, 6.07) is 0. The van der Waals surface area contributed by atoms with Gasteiger partial charge in [-0.1, -0.05) is 18.7 Å². The van der Waals surface area contributed by atoms with Crippen LogP contribution >= 0.6 is 0 Å². The summed E-state index contributed by atoms with van der Waals surface area (Å²) in [5.74, 6) is -0.116. The molecule has 0 saturated heterocycles. The number of carbonyl (C=O) groups is 1. The van der Waals surface area contributed by atoms with Crippen LogP contribution in [0.1, 0.15) is 12.8 Å². The molecule has 3 nitrogen and oxygen atoms in total. The summed E-state index contributed by atoms with van der Waals surface area (Å²) >= 11 is 0. The average Bonchev–Trinajstić information content (AvgIpc) is 2.94. The smallest absolute Gasteiger partial charge is 0.257 e. The van der Waals surface area contributed by atoms with Crippen LogP contribution in [0.3, 0.4) is 0 Å². The van der Waals surface area contributed by atoms with Crippen molar-refractivity contribution >= 4 is 5.91 Å². The van der Waals surface area contributed by atoms with Gasteiger partial charge in [0.25, 0.3) is 5.91 Å². The molecule has 0 aromatic rings. The Hall–Kier alpha value is -1.77. The van der Waals surface area contributed by atoms with Crippen LogP contribution < -0.4 is 11.1 Å². The van der Waals surface area contributed by atoms with Gasteiger partial charge in [-0.25, -0.2) is 0 Å². The molecule has 1 fully saturated rings. The quantitative estimate of drug-likeness (QED) is 0.638. The normalized spacial score (nSPS) is 20.7. The van der Waals surface area contributed by atoms with E-state index in [4.69, 9.17) is 5.73 Å². The highest BCUT2D eigenvalue weighted by Gasteiger charge is 2.29. The lowest BCUT2D eigenvalue weighted by Gasteiger charge is -1.96. The van der Waals surface area contributed by atoms with Crippen molar-refractivity contribution in [1.29, 1.82) is 0 Å². The van der Waals surface area contributed by atoms with Crippen LogP contribution in [0.2, 0.25) is 0 Å². The third-order valence-corrected chi connectivity index (χ3v) is 2.30. The predicted molar refractivity (Wildman–Crippen MR) is 55.0 cm³/mol. The summed E-state index contributed by atoms with van der Waals surface area (Å²) in [5.41, 5.74) is 9.04. The second kappa shape index (κ2) is 3.18. The largest absolute Gasteiger partial charge is 0.396 e. The number of rotatable bonds is 2. The molecule has 2 aliphatic rings. The van der Waals surface area contributed by atoms with Gasteiger partial charge in [-0.2, -0.15) is 0 Å². The van der Waals surface area contributed by atoms with Gasteiger partial charge < -0.3 is 11.1 Å². The first-order valence-electron chi connectivity index (χ1n) is 4.56. The zero-order valence-electron chi connectivity index (χ0n) is 7.84. The lowest BCUT2D eigenvalue weighted by molar-refractivity contribution is -0.115. The molecule has 1 aliphatic carbocycles. The predicted octanol–water partition coefficient (Wildman–Crippen LogP) is 1.12. The molecule has 2 rings (SSSR count). The highest BCUT2D eigenvalue weighted by Crippen LogP contribution is 2.35.